The molecule has 2 fully saturated rings. The molecular formula is C11H19NO2. The highest BCUT2D eigenvalue weighted by atomic mass is 16.5. The monoisotopic (exact) mass is 197 g/mol. The second kappa shape index (κ2) is 3.54. The van der Waals surface area contributed by atoms with Gasteiger partial charge in [-0.2, -0.15) is 0 Å². The van der Waals surface area contributed by atoms with E-state index in [4.69, 9.17) is 4.74 Å². The minimum atomic E-state index is -0.0788. The fourth-order valence-electron chi connectivity index (χ4n) is 2.60. The van der Waals surface area contributed by atoms with Crippen LogP contribution in [0.1, 0.15) is 25.7 Å². The number of carbonyl (C=O) groups is 1. The van der Waals surface area contributed by atoms with Gasteiger partial charge in [0.2, 0.25) is 0 Å². The summed E-state index contributed by atoms with van der Waals surface area (Å²) in [5, 5.41) is 0. The minimum absolute atomic E-state index is 0.0204. The molecule has 0 spiro atoms. The van der Waals surface area contributed by atoms with Crippen molar-refractivity contribution >= 4 is 5.97 Å². The zero-order valence-corrected chi connectivity index (χ0v) is 9.08. The molecule has 1 heterocycles. The molecule has 3 nitrogen and oxygen atoms in total. The van der Waals surface area contributed by atoms with Gasteiger partial charge in [-0.3, -0.25) is 4.79 Å². The SMILES string of the molecule is COC(=O)C1(CC2CCN(C)C2)CC1. The van der Waals surface area contributed by atoms with E-state index >= 15 is 0 Å². The first-order valence-corrected chi connectivity index (χ1v) is 5.43. The van der Waals surface area contributed by atoms with Crippen molar-refractivity contribution in [2.24, 2.45) is 11.3 Å². The van der Waals surface area contributed by atoms with Crippen molar-refractivity contribution in [3.05, 3.63) is 0 Å². The Labute approximate surface area is 85.4 Å². The summed E-state index contributed by atoms with van der Waals surface area (Å²) in [5.74, 6) is 0.730. The lowest BCUT2D eigenvalue weighted by Gasteiger charge is -2.17. The van der Waals surface area contributed by atoms with Crippen molar-refractivity contribution in [1.82, 2.24) is 4.90 Å². The fourth-order valence-corrected chi connectivity index (χ4v) is 2.60. The van der Waals surface area contributed by atoms with Crippen LogP contribution in [0.5, 0.6) is 0 Å². The van der Waals surface area contributed by atoms with E-state index < -0.39 is 0 Å². The highest BCUT2D eigenvalue weighted by Crippen LogP contribution is 2.52. The molecule has 2 aliphatic rings. The van der Waals surface area contributed by atoms with Crippen molar-refractivity contribution in [3.63, 3.8) is 0 Å². The number of ether oxygens (including phenoxy) is 1. The van der Waals surface area contributed by atoms with Crippen LogP contribution in [0, 0.1) is 11.3 Å². The van der Waals surface area contributed by atoms with Gasteiger partial charge in [-0.05, 0) is 45.2 Å². The molecule has 2 rings (SSSR count). The molecule has 1 saturated heterocycles. The van der Waals surface area contributed by atoms with Crippen molar-refractivity contribution in [1.29, 1.82) is 0 Å². The Hall–Kier alpha value is -0.570. The molecule has 1 unspecified atom stereocenters. The third-order valence-electron chi connectivity index (χ3n) is 3.64. The van der Waals surface area contributed by atoms with Gasteiger partial charge in [-0.15, -0.1) is 0 Å². The quantitative estimate of drug-likeness (QED) is 0.638. The molecule has 0 N–H and O–H groups in total. The van der Waals surface area contributed by atoms with Gasteiger partial charge in [0, 0.05) is 6.54 Å². The maximum Gasteiger partial charge on any atom is 0.311 e. The molecule has 0 radical (unpaired) electrons. The number of carbonyl (C=O) groups excluding carboxylic acids is 1. The first-order chi connectivity index (χ1) is 6.66. The summed E-state index contributed by atoms with van der Waals surface area (Å²) in [5.41, 5.74) is -0.0788. The molecule has 1 aliphatic carbocycles. The van der Waals surface area contributed by atoms with E-state index in [0.717, 1.165) is 25.8 Å². The van der Waals surface area contributed by atoms with E-state index in [1.807, 2.05) is 0 Å². The van der Waals surface area contributed by atoms with E-state index in [1.165, 1.54) is 20.1 Å². The minimum Gasteiger partial charge on any atom is -0.469 e. The van der Waals surface area contributed by atoms with Gasteiger partial charge >= 0.3 is 5.97 Å². The molecule has 3 heteroatoms. The van der Waals surface area contributed by atoms with E-state index in [0.29, 0.717) is 5.92 Å². The molecule has 0 aromatic carbocycles. The van der Waals surface area contributed by atoms with Gasteiger partial charge in [-0.25, -0.2) is 0 Å². The van der Waals surface area contributed by atoms with Crippen molar-refractivity contribution < 1.29 is 9.53 Å². The Morgan fingerprint density at radius 1 is 1.57 bits per heavy atom. The van der Waals surface area contributed by atoms with Crippen LogP contribution in [0.2, 0.25) is 0 Å². The topological polar surface area (TPSA) is 29.5 Å². The highest BCUT2D eigenvalue weighted by molar-refractivity contribution is 5.79. The number of esters is 1. The summed E-state index contributed by atoms with van der Waals surface area (Å²) in [6, 6.07) is 0. The largest absolute Gasteiger partial charge is 0.469 e. The normalized spacial score (nSPS) is 30.3. The Morgan fingerprint density at radius 3 is 2.71 bits per heavy atom. The van der Waals surface area contributed by atoms with Crippen LogP contribution in [-0.2, 0) is 9.53 Å². The second-order valence-electron chi connectivity index (χ2n) is 4.89. The molecule has 0 bridgehead atoms. The number of rotatable bonds is 3. The Bertz CT molecular complexity index is 235. The van der Waals surface area contributed by atoms with Gasteiger partial charge in [-0.1, -0.05) is 0 Å². The van der Waals surface area contributed by atoms with E-state index in [9.17, 15) is 4.79 Å². The first-order valence-electron chi connectivity index (χ1n) is 5.43. The van der Waals surface area contributed by atoms with Crippen LogP contribution in [0.25, 0.3) is 0 Å². The molecule has 0 aromatic rings. The first kappa shape index (κ1) is 9.97. The third kappa shape index (κ3) is 1.78. The van der Waals surface area contributed by atoms with Gasteiger partial charge in [0.1, 0.15) is 0 Å². The summed E-state index contributed by atoms with van der Waals surface area (Å²) >= 11 is 0. The summed E-state index contributed by atoms with van der Waals surface area (Å²) in [6.45, 7) is 2.33. The van der Waals surface area contributed by atoms with Crippen molar-refractivity contribution in [3.8, 4) is 0 Å². The summed E-state index contributed by atoms with van der Waals surface area (Å²) in [6.07, 6.45) is 4.37. The van der Waals surface area contributed by atoms with Crippen LogP contribution in [0.15, 0.2) is 0 Å². The van der Waals surface area contributed by atoms with E-state index in [1.54, 1.807) is 0 Å². The van der Waals surface area contributed by atoms with Gasteiger partial charge < -0.3 is 9.64 Å². The maximum atomic E-state index is 11.5. The van der Waals surface area contributed by atoms with Crippen LogP contribution >= 0.6 is 0 Å². The van der Waals surface area contributed by atoms with Crippen molar-refractivity contribution in [2.45, 2.75) is 25.7 Å². The standard InChI is InChI=1S/C11H19NO2/c1-12-6-3-9(8-12)7-11(4-5-11)10(13)14-2/h9H,3-8H2,1-2H3. The zero-order chi connectivity index (χ0) is 10.2. The number of hydrogen-bond acceptors (Lipinski definition) is 3. The fraction of sp³-hybridized carbons (Fsp3) is 0.909. The Morgan fingerprint density at radius 2 is 2.29 bits per heavy atom. The number of nitrogens with zero attached hydrogens (tertiary/aromatic N) is 1. The lowest BCUT2D eigenvalue weighted by Crippen LogP contribution is -2.22. The van der Waals surface area contributed by atoms with Crippen molar-refractivity contribution in [2.75, 3.05) is 27.2 Å². The van der Waals surface area contributed by atoms with E-state index in [-0.39, 0.29) is 11.4 Å². The number of likely N-dealkylation sites (tertiary alicyclic amines) is 1. The average Bonchev–Trinajstić information content (AvgIpc) is 2.84. The molecule has 1 aliphatic heterocycles. The van der Waals surface area contributed by atoms with Gasteiger partial charge in [0.05, 0.1) is 12.5 Å². The molecule has 1 atom stereocenters. The molecule has 0 amide bonds. The highest BCUT2D eigenvalue weighted by Gasteiger charge is 2.52. The summed E-state index contributed by atoms with van der Waals surface area (Å²) < 4.78 is 4.86. The van der Waals surface area contributed by atoms with E-state index in [2.05, 4.69) is 11.9 Å². The Kier molecular flexibility index (Phi) is 2.52. The Balaban J connectivity index is 1.88. The smallest absolute Gasteiger partial charge is 0.311 e. The molecule has 80 valence electrons. The zero-order valence-electron chi connectivity index (χ0n) is 9.08. The third-order valence-corrected chi connectivity index (χ3v) is 3.64. The predicted molar refractivity (Wildman–Crippen MR) is 53.9 cm³/mol. The lowest BCUT2D eigenvalue weighted by molar-refractivity contribution is -0.147. The number of hydrogen-bond donors (Lipinski definition) is 0. The van der Waals surface area contributed by atoms with Gasteiger partial charge in [0.15, 0.2) is 0 Å². The van der Waals surface area contributed by atoms with Crippen LogP contribution in [0.4, 0.5) is 0 Å². The molecule has 1 saturated carbocycles. The molecular weight excluding hydrogens is 178 g/mol. The van der Waals surface area contributed by atoms with Crippen LogP contribution < -0.4 is 0 Å². The van der Waals surface area contributed by atoms with Crippen LogP contribution in [-0.4, -0.2) is 38.1 Å². The maximum absolute atomic E-state index is 11.5. The van der Waals surface area contributed by atoms with Crippen LogP contribution in [0.3, 0.4) is 0 Å². The van der Waals surface area contributed by atoms with Gasteiger partial charge in [0.25, 0.3) is 0 Å². The average molecular weight is 197 g/mol. The summed E-state index contributed by atoms with van der Waals surface area (Å²) in [7, 11) is 3.65. The second-order valence-corrected chi connectivity index (χ2v) is 4.89. The molecule has 14 heavy (non-hydrogen) atoms. The number of methoxy groups -OCH3 is 1. The molecule has 0 aromatic heterocycles. The lowest BCUT2D eigenvalue weighted by atomic mass is 9.91. The predicted octanol–water partition coefficient (Wildman–Crippen LogP) is 1.28. The summed E-state index contributed by atoms with van der Waals surface area (Å²) in [4.78, 5) is 13.9.